The number of piperazine rings is 1. The largest absolute Gasteiger partial charge is 0.409 e. The summed E-state index contributed by atoms with van der Waals surface area (Å²) in [5, 5.41) is 12.0. The maximum atomic E-state index is 11.9. The molecule has 1 aromatic rings. The van der Waals surface area contributed by atoms with E-state index in [-0.39, 0.29) is 18.2 Å². The van der Waals surface area contributed by atoms with Crippen molar-refractivity contribution in [2.45, 2.75) is 6.42 Å². The third-order valence-corrected chi connectivity index (χ3v) is 3.61. The predicted octanol–water partition coefficient (Wildman–Crippen LogP) is 1.13. The number of hydrogen-bond donors (Lipinski definition) is 2. The zero-order valence-electron chi connectivity index (χ0n) is 11.0. The first-order valence-corrected chi connectivity index (χ1v) is 6.73. The van der Waals surface area contributed by atoms with Crippen LogP contribution in [0.5, 0.6) is 0 Å². The van der Waals surface area contributed by atoms with Crippen LogP contribution in [0.2, 0.25) is 5.02 Å². The molecule has 1 fully saturated rings. The Balaban J connectivity index is 1.93. The molecule has 0 unspecified atom stereocenters. The average molecular weight is 297 g/mol. The molecule has 6 nitrogen and oxygen atoms in total. The number of amidine groups is 1. The molecule has 2 rings (SSSR count). The smallest absolute Gasteiger partial charge is 0.230 e. The molecule has 0 bridgehead atoms. The maximum absolute atomic E-state index is 11.9. The summed E-state index contributed by atoms with van der Waals surface area (Å²) in [6.07, 6.45) is -0.0530. The van der Waals surface area contributed by atoms with Crippen LogP contribution in [0.15, 0.2) is 29.4 Å². The first-order chi connectivity index (χ1) is 9.61. The Morgan fingerprint density at radius 3 is 2.55 bits per heavy atom. The Morgan fingerprint density at radius 2 is 1.95 bits per heavy atom. The van der Waals surface area contributed by atoms with Gasteiger partial charge in [-0.2, -0.15) is 0 Å². The molecule has 0 spiro atoms. The topological polar surface area (TPSA) is 82.2 Å². The van der Waals surface area contributed by atoms with Crippen molar-refractivity contribution in [2.75, 3.05) is 31.1 Å². The fourth-order valence-corrected chi connectivity index (χ4v) is 2.46. The minimum absolute atomic E-state index is 0.0530. The van der Waals surface area contributed by atoms with Crippen molar-refractivity contribution in [1.29, 1.82) is 0 Å². The van der Waals surface area contributed by atoms with Gasteiger partial charge in [0.15, 0.2) is 0 Å². The molecule has 0 atom stereocenters. The van der Waals surface area contributed by atoms with Crippen LogP contribution < -0.4 is 10.6 Å². The SMILES string of the molecule is N/C(CC(=O)N1CCN(c2ccccc2Cl)CC1)=N\O. The number of nitrogens with zero attached hydrogens (tertiary/aromatic N) is 3. The van der Waals surface area contributed by atoms with Crippen molar-refractivity contribution >= 4 is 29.0 Å². The van der Waals surface area contributed by atoms with Crippen molar-refractivity contribution in [3.63, 3.8) is 0 Å². The number of oxime groups is 1. The Kier molecular flexibility index (Phi) is 4.68. The van der Waals surface area contributed by atoms with E-state index < -0.39 is 0 Å². The summed E-state index contributed by atoms with van der Waals surface area (Å²) >= 11 is 6.16. The lowest BCUT2D eigenvalue weighted by molar-refractivity contribution is -0.130. The van der Waals surface area contributed by atoms with Gasteiger partial charge in [0.1, 0.15) is 5.84 Å². The highest BCUT2D eigenvalue weighted by Gasteiger charge is 2.22. The van der Waals surface area contributed by atoms with Crippen LogP contribution >= 0.6 is 11.6 Å². The van der Waals surface area contributed by atoms with Crippen molar-refractivity contribution in [3.8, 4) is 0 Å². The molecule has 1 saturated heterocycles. The summed E-state index contributed by atoms with van der Waals surface area (Å²) in [6.45, 7) is 2.63. The van der Waals surface area contributed by atoms with Gasteiger partial charge < -0.3 is 20.7 Å². The first kappa shape index (κ1) is 14.5. The number of halogens is 1. The van der Waals surface area contributed by atoms with Crippen molar-refractivity contribution in [2.24, 2.45) is 10.9 Å². The molecule has 1 aliphatic rings. The van der Waals surface area contributed by atoms with E-state index in [4.69, 9.17) is 22.5 Å². The van der Waals surface area contributed by atoms with Crippen LogP contribution in [-0.2, 0) is 4.79 Å². The number of para-hydroxylation sites is 1. The van der Waals surface area contributed by atoms with E-state index in [0.29, 0.717) is 31.2 Å². The fourth-order valence-electron chi connectivity index (χ4n) is 2.21. The molecule has 3 N–H and O–H groups in total. The number of carbonyl (C=O) groups excluding carboxylic acids is 1. The molecule has 1 heterocycles. The molecule has 1 amide bonds. The second-order valence-electron chi connectivity index (χ2n) is 4.59. The van der Waals surface area contributed by atoms with Gasteiger partial charge in [-0.15, -0.1) is 0 Å². The number of amides is 1. The third-order valence-electron chi connectivity index (χ3n) is 3.29. The molecule has 1 aromatic carbocycles. The van der Waals surface area contributed by atoms with Crippen molar-refractivity contribution in [3.05, 3.63) is 29.3 Å². The molecular weight excluding hydrogens is 280 g/mol. The van der Waals surface area contributed by atoms with Gasteiger partial charge in [-0.05, 0) is 12.1 Å². The first-order valence-electron chi connectivity index (χ1n) is 6.35. The predicted molar refractivity (Wildman–Crippen MR) is 78.3 cm³/mol. The maximum Gasteiger partial charge on any atom is 0.230 e. The van der Waals surface area contributed by atoms with Gasteiger partial charge in [-0.1, -0.05) is 28.9 Å². The van der Waals surface area contributed by atoms with Crippen LogP contribution in [0.3, 0.4) is 0 Å². The summed E-state index contributed by atoms with van der Waals surface area (Å²) in [7, 11) is 0. The Hall–Kier alpha value is -1.95. The molecule has 0 radical (unpaired) electrons. The Morgan fingerprint density at radius 1 is 1.30 bits per heavy atom. The molecule has 0 saturated carbocycles. The second kappa shape index (κ2) is 6.47. The summed E-state index contributed by atoms with van der Waals surface area (Å²) in [4.78, 5) is 15.7. The van der Waals surface area contributed by atoms with E-state index in [1.807, 2.05) is 24.3 Å². The number of hydrogen-bond acceptors (Lipinski definition) is 4. The molecule has 1 aliphatic heterocycles. The molecule has 108 valence electrons. The van der Waals surface area contributed by atoms with Gasteiger partial charge in [0.05, 0.1) is 17.1 Å². The number of nitrogens with two attached hydrogens (primary N) is 1. The molecule has 0 aromatic heterocycles. The normalized spacial score (nSPS) is 16.4. The lowest BCUT2D eigenvalue weighted by Crippen LogP contribution is -2.49. The second-order valence-corrected chi connectivity index (χ2v) is 4.99. The summed E-state index contributed by atoms with van der Waals surface area (Å²) < 4.78 is 0. The quantitative estimate of drug-likeness (QED) is 0.379. The molecular formula is C13H17ClN4O2. The van der Waals surface area contributed by atoms with Gasteiger partial charge in [0.2, 0.25) is 5.91 Å². The van der Waals surface area contributed by atoms with E-state index in [2.05, 4.69) is 10.1 Å². The van der Waals surface area contributed by atoms with E-state index in [1.165, 1.54) is 0 Å². The van der Waals surface area contributed by atoms with Crippen LogP contribution in [-0.4, -0.2) is 48.0 Å². The highest BCUT2D eigenvalue weighted by atomic mass is 35.5. The zero-order chi connectivity index (χ0) is 14.5. The number of anilines is 1. The number of carbonyl (C=O) groups is 1. The van der Waals surface area contributed by atoms with Gasteiger partial charge in [-0.25, -0.2) is 0 Å². The third kappa shape index (κ3) is 3.33. The van der Waals surface area contributed by atoms with E-state index in [9.17, 15) is 4.79 Å². The minimum Gasteiger partial charge on any atom is -0.409 e. The highest BCUT2D eigenvalue weighted by Crippen LogP contribution is 2.26. The van der Waals surface area contributed by atoms with Crippen LogP contribution in [0.4, 0.5) is 5.69 Å². The van der Waals surface area contributed by atoms with E-state index >= 15 is 0 Å². The summed E-state index contributed by atoms with van der Waals surface area (Å²) in [5.74, 6) is -0.192. The average Bonchev–Trinajstić information content (AvgIpc) is 2.47. The number of benzene rings is 1. The van der Waals surface area contributed by atoms with Gasteiger partial charge in [-0.3, -0.25) is 4.79 Å². The van der Waals surface area contributed by atoms with Gasteiger partial charge in [0.25, 0.3) is 0 Å². The van der Waals surface area contributed by atoms with Crippen molar-refractivity contribution < 1.29 is 10.0 Å². The van der Waals surface area contributed by atoms with Crippen molar-refractivity contribution in [1.82, 2.24) is 4.90 Å². The minimum atomic E-state index is -0.126. The van der Waals surface area contributed by atoms with Crippen LogP contribution in [0.25, 0.3) is 0 Å². The summed E-state index contributed by atoms with van der Waals surface area (Å²) in [6, 6.07) is 7.66. The molecule has 7 heteroatoms. The van der Waals surface area contributed by atoms with Crippen LogP contribution in [0.1, 0.15) is 6.42 Å². The molecule has 20 heavy (non-hydrogen) atoms. The Labute approximate surface area is 122 Å². The zero-order valence-corrected chi connectivity index (χ0v) is 11.8. The molecule has 0 aliphatic carbocycles. The standard InChI is InChI=1S/C13H17ClN4O2/c14-10-3-1-2-4-11(10)17-5-7-18(8-6-17)13(19)9-12(15)16-20/h1-4,20H,5-9H2,(H2,15,16). The van der Waals surface area contributed by atoms with E-state index in [1.54, 1.807) is 4.90 Å². The van der Waals surface area contributed by atoms with Gasteiger partial charge in [0, 0.05) is 26.2 Å². The summed E-state index contributed by atoms with van der Waals surface area (Å²) in [5.41, 5.74) is 6.33. The lowest BCUT2D eigenvalue weighted by atomic mass is 10.2. The van der Waals surface area contributed by atoms with Crippen LogP contribution in [0, 0.1) is 0 Å². The number of rotatable bonds is 3. The van der Waals surface area contributed by atoms with Gasteiger partial charge >= 0.3 is 0 Å². The lowest BCUT2D eigenvalue weighted by Gasteiger charge is -2.36. The fraction of sp³-hybridized carbons (Fsp3) is 0.385. The monoisotopic (exact) mass is 296 g/mol. The highest BCUT2D eigenvalue weighted by molar-refractivity contribution is 6.33. The Bertz CT molecular complexity index is 513. The van der Waals surface area contributed by atoms with E-state index in [0.717, 1.165) is 5.69 Å².